The number of nitrogens with one attached hydrogen (secondary N) is 3. The minimum Gasteiger partial charge on any atom is -0.354 e. The summed E-state index contributed by atoms with van der Waals surface area (Å²) in [5.41, 5.74) is 1.75. The van der Waals surface area contributed by atoms with E-state index in [2.05, 4.69) is 25.6 Å². The lowest BCUT2D eigenvalue weighted by atomic mass is 10.1. The third-order valence-corrected chi connectivity index (χ3v) is 3.19. The quantitative estimate of drug-likeness (QED) is 0.749. The van der Waals surface area contributed by atoms with Gasteiger partial charge >= 0.3 is 0 Å². The van der Waals surface area contributed by atoms with Gasteiger partial charge in [0.15, 0.2) is 5.65 Å². The van der Waals surface area contributed by atoms with Crippen LogP contribution in [0.1, 0.15) is 19.3 Å². The first-order valence-electron chi connectivity index (χ1n) is 6.20. The van der Waals surface area contributed by atoms with Crippen molar-refractivity contribution in [3.8, 4) is 0 Å². The molecule has 5 nitrogen and oxygen atoms in total. The van der Waals surface area contributed by atoms with Crippen molar-refractivity contribution in [3.05, 3.63) is 18.3 Å². The van der Waals surface area contributed by atoms with Crippen LogP contribution >= 0.6 is 0 Å². The highest BCUT2D eigenvalue weighted by atomic mass is 15.1. The summed E-state index contributed by atoms with van der Waals surface area (Å²) >= 11 is 0. The molecule has 0 radical (unpaired) electrons. The molecule has 0 saturated carbocycles. The van der Waals surface area contributed by atoms with Crippen LogP contribution in [0.15, 0.2) is 18.3 Å². The number of H-pyrrole nitrogens is 1. The number of rotatable bonds is 3. The zero-order valence-corrected chi connectivity index (χ0v) is 9.74. The van der Waals surface area contributed by atoms with Crippen LogP contribution in [0.4, 0.5) is 5.95 Å². The molecule has 3 N–H and O–H groups in total. The largest absolute Gasteiger partial charge is 0.354 e. The molecule has 1 unspecified atom stereocenters. The molecule has 2 aromatic rings. The van der Waals surface area contributed by atoms with E-state index in [1.165, 1.54) is 19.3 Å². The van der Waals surface area contributed by atoms with Gasteiger partial charge in [-0.1, -0.05) is 6.42 Å². The number of pyridine rings is 1. The van der Waals surface area contributed by atoms with Crippen molar-refractivity contribution >= 4 is 17.1 Å². The van der Waals surface area contributed by atoms with Crippen LogP contribution in [-0.2, 0) is 0 Å². The van der Waals surface area contributed by atoms with Crippen LogP contribution in [0.5, 0.6) is 0 Å². The summed E-state index contributed by atoms with van der Waals surface area (Å²) in [6, 6.07) is 4.46. The molecule has 0 spiro atoms. The van der Waals surface area contributed by atoms with Crippen molar-refractivity contribution in [1.82, 2.24) is 20.3 Å². The number of anilines is 1. The summed E-state index contributed by atoms with van der Waals surface area (Å²) in [7, 11) is 0. The smallest absolute Gasteiger partial charge is 0.202 e. The van der Waals surface area contributed by atoms with E-state index in [0.717, 1.165) is 30.2 Å². The highest BCUT2D eigenvalue weighted by Crippen LogP contribution is 2.12. The number of hydrogen-bond acceptors (Lipinski definition) is 4. The fraction of sp³-hybridized carbons (Fsp3) is 0.500. The lowest BCUT2D eigenvalue weighted by molar-refractivity contribution is 0.414. The summed E-state index contributed by atoms with van der Waals surface area (Å²) in [5, 5.41) is 6.84. The maximum Gasteiger partial charge on any atom is 0.202 e. The normalized spacial score (nSPS) is 20.6. The van der Waals surface area contributed by atoms with Gasteiger partial charge in [-0.25, -0.2) is 4.98 Å². The number of nitrogens with zero attached hydrogens (tertiary/aromatic N) is 2. The molecule has 0 bridgehead atoms. The van der Waals surface area contributed by atoms with Gasteiger partial charge in [0.05, 0.1) is 5.52 Å². The second kappa shape index (κ2) is 4.71. The van der Waals surface area contributed by atoms with Crippen LogP contribution < -0.4 is 10.6 Å². The van der Waals surface area contributed by atoms with Gasteiger partial charge in [-0.15, -0.1) is 0 Å². The molecule has 0 aliphatic carbocycles. The Morgan fingerprint density at radius 2 is 2.41 bits per heavy atom. The van der Waals surface area contributed by atoms with Gasteiger partial charge in [-0.2, -0.15) is 4.98 Å². The molecule has 1 aliphatic heterocycles. The molecule has 0 amide bonds. The molecule has 1 fully saturated rings. The highest BCUT2D eigenvalue weighted by Gasteiger charge is 2.12. The van der Waals surface area contributed by atoms with Gasteiger partial charge in [-0.3, -0.25) is 0 Å². The number of aromatic amines is 1. The maximum atomic E-state index is 4.39. The second-order valence-electron chi connectivity index (χ2n) is 4.49. The Morgan fingerprint density at radius 1 is 1.41 bits per heavy atom. The second-order valence-corrected chi connectivity index (χ2v) is 4.49. The van der Waals surface area contributed by atoms with Crippen molar-refractivity contribution in [3.63, 3.8) is 0 Å². The van der Waals surface area contributed by atoms with Crippen LogP contribution in [0.25, 0.3) is 11.2 Å². The molecule has 5 heteroatoms. The van der Waals surface area contributed by atoms with E-state index >= 15 is 0 Å². The van der Waals surface area contributed by atoms with Crippen molar-refractivity contribution < 1.29 is 0 Å². The van der Waals surface area contributed by atoms with E-state index in [0.29, 0.717) is 6.04 Å². The fourth-order valence-electron chi connectivity index (χ4n) is 2.25. The molecule has 0 aromatic carbocycles. The van der Waals surface area contributed by atoms with Gasteiger partial charge in [0.2, 0.25) is 5.95 Å². The number of fused-ring (bicyclic) bond motifs is 1. The van der Waals surface area contributed by atoms with E-state index in [4.69, 9.17) is 0 Å². The zero-order chi connectivity index (χ0) is 11.5. The zero-order valence-electron chi connectivity index (χ0n) is 9.74. The van der Waals surface area contributed by atoms with Crippen LogP contribution in [0.3, 0.4) is 0 Å². The van der Waals surface area contributed by atoms with E-state index in [1.54, 1.807) is 6.20 Å². The fourth-order valence-corrected chi connectivity index (χ4v) is 2.25. The van der Waals surface area contributed by atoms with Gasteiger partial charge in [0, 0.05) is 18.8 Å². The Balaban J connectivity index is 1.64. The monoisotopic (exact) mass is 231 g/mol. The predicted octanol–water partition coefficient (Wildman–Crippen LogP) is 1.51. The summed E-state index contributed by atoms with van der Waals surface area (Å²) in [6.07, 6.45) is 5.62. The summed E-state index contributed by atoms with van der Waals surface area (Å²) < 4.78 is 0. The topological polar surface area (TPSA) is 65.6 Å². The molecule has 2 aromatic heterocycles. The van der Waals surface area contributed by atoms with Crippen molar-refractivity contribution in [2.24, 2.45) is 0 Å². The first kappa shape index (κ1) is 10.5. The number of piperidine rings is 1. The van der Waals surface area contributed by atoms with Crippen molar-refractivity contribution in [2.45, 2.75) is 25.3 Å². The Kier molecular flexibility index (Phi) is 2.92. The molecular weight excluding hydrogens is 214 g/mol. The summed E-state index contributed by atoms with van der Waals surface area (Å²) in [5.74, 6) is 0.811. The number of aromatic nitrogens is 3. The molecule has 3 heterocycles. The van der Waals surface area contributed by atoms with E-state index in [1.807, 2.05) is 12.1 Å². The lowest BCUT2D eigenvalue weighted by Crippen LogP contribution is -2.39. The van der Waals surface area contributed by atoms with E-state index in [9.17, 15) is 0 Å². The standard InChI is InChI=1S/C12H17N5/c1-2-6-13-9(4-1)8-15-12-16-10-5-3-7-14-11(10)17-12/h3,5,7,9,13H,1-2,4,6,8H2,(H2,14,15,16,17). The number of imidazole rings is 1. The molecule has 1 atom stereocenters. The molecule has 17 heavy (non-hydrogen) atoms. The number of hydrogen-bond donors (Lipinski definition) is 3. The Bertz CT molecular complexity index is 453. The van der Waals surface area contributed by atoms with Crippen molar-refractivity contribution in [1.29, 1.82) is 0 Å². The highest BCUT2D eigenvalue weighted by molar-refractivity contribution is 5.72. The van der Waals surface area contributed by atoms with Crippen molar-refractivity contribution in [2.75, 3.05) is 18.4 Å². The molecule has 90 valence electrons. The predicted molar refractivity (Wildman–Crippen MR) is 68.0 cm³/mol. The molecule has 3 rings (SSSR count). The van der Waals surface area contributed by atoms with Crippen LogP contribution in [-0.4, -0.2) is 34.1 Å². The molecule has 1 aliphatic rings. The van der Waals surface area contributed by atoms with E-state index in [-0.39, 0.29) is 0 Å². The first-order chi connectivity index (χ1) is 8.42. The third-order valence-electron chi connectivity index (χ3n) is 3.19. The average Bonchev–Trinajstić information content (AvgIpc) is 2.80. The summed E-state index contributed by atoms with van der Waals surface area (Å²) in [4.78, 5) is 11.8. The Morgan fingerprint density at radius 3 is 3.24 bits per heavy atom. The lowest BCUT2D eigenvalue weighted by Gasteiger charge is -2.23. The van der Waals surface area contributed by atoms with Gasteiger partial charge in [0.25, 0.3) is 0 Å². The average molecular weight is 231 g/mol. The first-order valence-corrected chi connectivity index (χ1v) is 6.20. The molecular formula is C12H17N5. The Labute approximate surface area is 100 Å². The minimum absolute atomic E-state index is 0.560. The van der Waals surface area contributed by atoms with E-state index < -0.39 is 0 Å². The summed E-state index contributed by atoms with van der Waals surface area (Å²) in [6.45, 7) is 2.05. The van der Waals surface area contributed by atoms with Gasteiger partial charge < -0.3 is 15.6 Å². The van der Waals surface area contributed by atoms with Crippen LogP contribution in [0.2, 0.25) is 0 Å². The SMILES string of the molecule is c1cnc2nc(NCC3CCCCN3)[nH]c2c1. The van der Waals surface area contributed by atoms with Gasteiger partial charge in [0.1, 0.15) is 0 Å². The van der Waals surface area contributed by atoms with Gasteiger partial charge in [-0.05, 0) is 31.5 Å². The minimum atomic E-state index is 0.560. The van der Waals surface area contributed by atoms with Crippen LogP contribution in [0, 0.1) is 0 Å². The third kappa shape index (κ3) is 2.39. The maximum absolute atomic E-state index is 4.39. The Hall–Kier alpha value is -1.62. The molecule has 1 saturated heterocycles.